The van der Waals surface area contributed by atoms with E-state index in [9.17, 15) is 8.42 Å². The van der Waals surface area contributed by atoms with E-state index in [1.54, 1.807) is 7.11 Å². The Hall–Kier alpha value is -2.06. The van der Waals surface area contributed by atoms with Crippen LogP contribution in [-0.2, 0) is 16.4 Å². The summed E-state index contributed by atoms with van der Waals surface area (Å²) < 4.78 is 31.6. The molecule has 0 spiro atoms. The monoisotopic (exact) mass is 296 g/mol. The number of nitrogens with zero attached hydrogens (tertiary/aromatic N) is 1. The van der Waals surface area contributed by atoms with Crippen LogP contribution in [0.2, 0.25) is 0 Å². The fourth-order valence-electron chi connectivity index (χ4n) is 1.81. The number of methoxy groups -OCH3 is 1. The zero-order valence-electron chi connectivity index (χ0n) is 11.0. The molecule has 0 amide bonds. The summed E-state index contributed by atoms with van der Waals surface area (Å²) >= 11 is 0. The summed E-state index contributed by atoms with van der Waals surface area (Å²) in [6.07, 6.45) is 1.70. The predicted molar refractivity (Wildman–Crippen MR) is 74.9 cm³/mol. The lowest BCUT2D eigenvalue weighted by Gasteiger charge is -2.09. The molecule has 0 aliphatic rings. The van der Waals surface area contributed by atoms with E-state index in [-0.39, 0.29) is 17.3 Å². The van der Waals surface area contributed by atoms with Crippen molar-refractivity contribution in [3.8, 4) is 5.75 Å². The van der Waals surface area contributed by atoms with Crippen LogP contribution in [0.15, 0.2) is 35.4 Å². The van der Waals surface area contributed by atoms with Crippen LogP contribution in [-0.4, -0.2) is 32.3 Å². The molecule has 1 aromatic carbocycles. The van der Waals surface area contributed by atoms with Crippen LogP contribution in [0.25, 0.3) is 0 Å². The molecule has 1 aromatic heterocycles. The quantitative estimate of drug-likeness (QED) is 0.720. The maximum absolute atomic E-state index is 12.0. The van der Waals surface area contributed by atoms with Crippen molar-refractivity contribution in [2.45, 2.75) is 11.3 Å². The standard InChI is InChI=1S/C12H16N4O3S/c1-19-10-5-3-2-4-9(10)6-7-15-20(17,18)11-8-14-16-12(11)13/h2-5,8,15H,6-7H2,1H3,(H3,13,14,16). The van der Waals surface area contributed by atoms with Gasteiger partial charge in [0.15, 0.2) is 0 Å². The van der Waals surface area contributed by atoms with E-state index in [2.05, 4.69) is 14.9 Å². The Morgan fingerprint density at radius 1 is 1.40 bits per heavy atom. The first-order valence-electron chi connectivity index (χ1n) is 5.95. The normalized spacial score (nSPS) is 11.4. The average Bonchev–Trinajstić information content (AvgIpc) is 2.86. The fourth-order valence-corrected chi connectivity index (χ4v) is 2.86. The number of rotatable bonds is 6. The molecule has 0 unspecified atom stereocenters. The number of hydrogen-bond donors (Lipinski definition) is 3. The molecule has 0 fully saturated rings. The van der Waals surface area contributed by atoms with Crippen LogP contribution in [0.5, 0.6) is 5.75 Å². The van der Waals surface area contributed by atoms with Gasteiger partial charge in [0.25, 0.3) is 0 Å². The number of aromatic amines is 1. The predicted octanol–water partition coefficient (Wildman–Crippen LogP) is 0.521. The number of nitrogens with one attached hydrogen (secondary N) is 2. The fraction of sp³-hybridized carbons (Fsp3) is 0.250. The van der Waals surface area contributed by atoms with Crippen molar-refractivity contribution in [1.29, 1.82) is 0 Å². The maximum Gasteiger partial charge on any atom is 0.245 e. The average molecular weight is 296 g/mol. The molecule has 8 heteroatoms. The second kappa shape index (κ2) is 5.93. The van der Waals surface area contributed by atoms with E-state index in [0.29, 0.717) is 6.42 Å². The summed E-state index contributed by atoms with van der Waals surface area (Å²) in [4.78, 5) is -0.0440. The Morgan fingerprint density at radius 2 is 2.15 bits per heavy atom. The molecule has 0 saturated heterocycles. The van der Waals surface area contributed by atoms with Crippen molar-refractivity contribution in [3.63, 3.8) is 0 Å². The summed E-state index contributed by atoms with van der Waals surface area (Å²) in [6.45, 7) is 0.243. The molecule has 2 rings (SSSR count). The number of para-hydroxylation sites is 1. The van der Waals surface area contributed by atoms with Crippen LogP contribution < -0.4 is 15.2 Å². The van der Waals surface area contributed by atoms with Gasteiger partial charge in [-0.3, -0.25) is 5.10 Å². The molecule has 0 radical (unpaired) electrons. The van der Waals surface area contributed by atoms with Crippen molar-refractivity contribution in [2.75, 3.05) is 19.4 Å². The first kappa shape index (κ1) is 14.4. The van der Waals surface area contributed by atoms with Gasteiger partial charge in [-0.05, 0) is 18.1 Å². The van der Waals surface area contributed by atoms with Gasteiger partial charge in [0.1, 0.15) is 16.5 Å². The van der Waals surface area contributed by atoms with Crippen molar-refractivity contribution < 1.29 is 13.2 Å². The lowest BCUT2D eigenvalue weighted by Crippen LogP contribution is -2.26. The largest absolute Gasteiger partial charge is 0.496 e. The van der Waals surface area contributed by atoms with E-state index >= 15 is 0 Å². The highest BCUT2D eigenvalue weighted by Crippen LogP contribution is 2.18. The Labute approximate surface area is 117 Å². The van der Waals surface area contributed by atoms with E-state index in [0.717, 1.165) is 11.3 Å². The molecule has 0 aliphatic heterocycles. The van der Waals surface area contributed by atoms with Crippen LogP contribution in [0, 0.1) is 0 Å². The third-order valence-electron chi connectivity index (χ3n) is 2.80. The molecule has 0 bridgehead atoms. The molecule has 20 heavy (non-hydrogen) atoms. The molecule has 1 heterocycles. The molecule has 0 aliphatic carbocycles. The molecule has 4 N–H and O–H groups in total. The van der Waals surface area contributed by atoms with Gasteiger partial charge in [0, 0.05) is 6.54 Å². The first-order chi connectivity index (χ1) is 9.54. The number of benzene rings is 1. The van der Waals surface area contributed by atoms with Crippen LogP contribution in [0.4, 0.5) is 5.82 Å². The highest BCUT2D eigenvalue weighted by atomic mass is 32.2. The molecule has 0 saturated carbocycles. The van der Waals surface area contributed by atoms with Gasteiger partial charge in [-0.1, -0.05) is 18.2 Å². The van der Waals surface area contributed by atoms with E-state index in [4.69, 9.17) is 10.5 Å². The van der Waals surface area contributed by atoms with Crippen LogP contribution in [0.3, 0.4) is 0 Å². The van der Waals surface area contributed by atoms with Gasteiger partial charge in [-0.15, -0.1) is 0 Å². The SMILES string of the molecule is COc1ccccc1CCNS(=O)(=O)c1cn[nH]c1N. The Kier molecular flexibility index (Phi) is 4.26. The van der Waals surface area contributed by atoms with Crippen molar-refractivity contribution in [2.24, 2.45) is 0 Å². The Morgan fingerprint density at radius 3 is 2.80 bits per heavy atom. The van der Waals surface area contributed by atoms with E-state index in [1.165, 1.54) is 6.20 Å². The molecule has 0 atom stereocenters. The van der Waals surface area contributed by atoms with Gasteiger partial charge in [-0.2, -0.15) is 5.10 Å². The van der Waals surface area contributed by atoms with Crippen molar-refractivity contribution >= 4 is 15.8 Å². The third kappa shape index (κ3) is 3.09. The van der Waals surface area contributed by atoms with Crippen molar-refractivity contribution in [3.05, 3.63) is 36.0 Å². The number of H-pyrrole nitrogens is 1. The highest BCUT2D eigenvalue weighted by molar-refractivity contribution is 7.89. The van der Waals surface area contributed by atoms with E-state index < -0.39 is 10.0 Å². The van der Waals surface area contributed by atoms with Gasteiger partial charge in [-0.25, -0.2) is 13.1 Å². The molecular formula is C12H16N4O3S. The minimum Gasteiger partial charge on any atom is -0.496 e. The third-order valence-corrected chi connectivity index (χ3v) is 4.29. The molecule has 2 aromatic rings. The van der Waals surface area contributed by atoms with E-state index in [1.807, 2.05) is 24.3 Å². The van der Waals surface area contributed by atoms with Crippen molar-refractivity contribution in [1.82, 2.24) is 14.9 Å². The number of nitrogens with two attached hydrogens (primary N) is 1. The van der Waals surface area contributed by atoms with Gasteiger partial charge in [0.2, 0.25) is 10.0 Å². The molecule has 7 nitrogen and oxygen atoms in total. The minimum absolute atomic E-state index is 0.0230. The zero-order valence-corrected chi connectivity index (χ0v) is 11.8. The number of aromatic nitrogens is 2. The highest BCUT2D eigenvalue weighted by Gasteiger charge is 2.18. The second-order valence-corrected chi connectivity index (χ2v) is 5.84. The second-order valence-electron chi connectivity index (χ2n) is 4.11. The molecular weight excluding hydrogens is 280 g/mol. The van der Waals surface area contributed by atoms with Gasteiger partial charge < -0.3 is 10.5 Å². The first-order valence-corrected chi connectivity index (χ1v) is 7.43. The Balaban J connectivity index is 2.01. The summed E-state index contributed by atoms with van der Waals surface area (Å²) in [5.41, 5.74) is 6.43. The molecule has 108 valence electrons. The van der Waals surface area contributed by atoms with Crippen LogP contribution in [0.1, 0.15) is 5.56 Å². The lowest BCUT2D eigenvalue weighted by molar-refractivity contribution is 0.409. The smallest absolute Gasteiger partial charge is 0.245 e. The maximum atomic E-state index is 12.0. The number of anilines is 1. The zero-order chi connectivity index (χ0) is 14.6. The lowest BCUT2D eigenvalue weighted by atomic mass is 10.1. The van der Waals surface area contributed by atoms with Gasteiger partial charge in [0.05, 0.1) is 13.3 Å². The number of nitrogen functional groups attached to an aromatic ring is 1. The Bertz CT molecular complexity index is 682. The van der Waals surface area contributed by atoms with Gasteiger partial charge >= 0.3 is 0 Å². The summed E-state index contributed by atoms with van der Waals surface area (Å²) in [7, 11) is -2.07. The minimum atomic E-state index is -3.65. The summed E-state index contributed by atoms with van der Waals surface area (Å²) in [5.74, 6) is 0.754. The van der Waals surface area contributed by atoms with Crippen LogP contribution >= 0.6 is 0 Å². The summed E-state index contributed by atoms with van der Waals surface area (Å²) in [5, 5.41) is 5.98. The number of hydrogen-bond acceptors (Lipinski definition) is 5. The number of ether oxygens (including phenoxy) is 1. The topological polar surface area (TPSA) is 110 Å². The number of sulfonamides is 1. The summed E-state index contributed by atoms with van der Waals surface area (Å²) in [6, 6.07) is 7.45.